The highest BCUT2D eigenvalue weighted by atomic mass is 35.5. The van der Waals surface area contributed by atoms with Crippen molar-refractivity contribution in [3.8, 4) is 17.2 Å². The summed E-state index contributed by atoms with van der Waals surface area (Å²) in [5.41, 5.74) is 4.07. The molecule has 1 unspecified atom stereocenters. The van der Waals surface area contributed by atoms with E-state index in [0.717, 1.165) is 29.5 Å². The molecule has 0 fully saturated rings. The lowest BCUT2D eigenvalue weighted by Gasteiger charge is -2.33. The average Bonchev–Trinajstić information content (AvgIpc) is 3.22. The number of hydrogen-bond acceptors (Lipinski definition) is 8. The number of Topliss-reactive ketones (excluding diaryl/α,β-unsaturated/α-hetero) is 1. The normalized spacial score (nSPS) is 11.9. The maximum absolute atomic E-state index is 15.0. The average molecular weight is 749 g/mol. The molecular formula is C43H45ClN4O6. The van der Waals surface area contributed by atoms with E-state index in [2.05, 4.69) is 9.97 Å². The molecule has 0 aliphatic heterocycles. The summed E-state index contributed by atoms with van der Waals surface area (Å²) >= 11 is 6.21. The Morgan fingerprint density at radius 3 is 1.93 bits per heavy atom. The number of aromatic nitrogens is 2. The van der Waals surface area contributed by atoms with Gasteiger partial charge in [0.25, 0.3) is 11.7 Å². The van der Waals surface area contributed by atoms with E-state index in [9.17, 15) is 14.4 Å². The molecule has 2 aromatic heterocycles. The zero-order chi connectivity index (χ0) is 38.5. The number of aryl methyl sites for hydroxylation is 1. The summed E-state index contributed by atoms with van der Waals surface area (Å²) < 4.78 is 16.3. The van der Waals surface area contributed by atoms with Crippen LogP contribution in [0, 0.1) is 0 Å². The number of carbonyl (C=O) groups excluding carboxylic acids is 3. The molecule has 0 saturated heterocycles. The summed E-state index contributed by atoms with van der Waals surface area (Å²) in [5, 5.41) is 0.545. The molecule has 3 aromatic carbocycles. The molecule has 5 aromatic rings. The van der Waals surface area contributed by atoms with Gasteiger partial charge in [0, 0.05) is 61.9 Å². The van der Waals surface area contributed by atoms with E-state index < -0.39 is 17.7 Å². The topological polar surface area (TPSA) is 111 Å². The molecule has 0 spiro atoms. The Labute approximate surface area is 321 Å². The van der Waals surface area contributed by atoms with E-state index in [0.29, 0.717) is 24.5 Å². The van der Waals surface area contributed by atoms with Crippen molar-refractivity contribution in [3.05, 3.63) is 149 Å². The summed E-state index contributed by atoms with van der Waals surface area (Å²) in [6.07, 6.45) is 9.65. The maximum atomic E-state index is 15.0. The number of amides is 2. The number of pyridine rings is 2. The van der Waals surface area contributed by atoms with Gasteiger partial charge >= 0.3 is 0 Å². The SMILES string of the molecule is COc1cc(C(=O)C(=O)N(C)[C@@H](Cc2ccc(Cl)cc2)C(=O)N(CCC(CCc2ccncc2)c2ccncc2)Cc2ccccc2)cc(OC)c1OC. The number of benzene rings is 3. The molecule has 0 aliphatic carbocycles. The minimum atomic E-state index is -1.02. The summed E-state index contributed by atoms with van der Waals surface area (Å²) in [6.45, 7) is 0.712. The largest absolute Gasteiger partial charge is 0.493 e. The van der Waals surface area contributed by atoms with Crippen LogP contribution in [-0.4, -0.2) is 78.3 Å². The van der Waals surface area contributed by atoms with Crippen LogP contribution >= 0.6 is 11.6 Å². The molecule has 0 saturated carbocycles. The van der Waals surface area contributed by atoms with Crippen LogP contribution in [0.15, 0.2) is 116 Å². The van der Waals surface area contributed by atoms with E-state index in [1.54, 1.807) is 41.8 Å². The first-order valence-electron chi connectivity index (χ1n) is 17.7. The van der Waals surface area contributed by atoms with Crippen molar-refractivity contribution < 1.29 is 28.6 Å². The highest BCUT2D eigenvalue weighted by molar-refractivity contribution is 6.43. The fourth-order valence-corrected chi connectivity index (χ4v) is 6.59. The van der Waals surface area contributed by atoms with Crippen molar-refractivity contribution in [3.63, 3.8) is 0 Å². The molecule has 54 heavy (non-hydrogen) atoms. The Morgan fingerprint density at radius 1 is 0.722 bits per heavy atom. The Kier molecular flexibility index (Phi) is 14.2. The predicted molar refractivity (Wildman–Crippen MR) is 208 cm³/mol. The quantitative estimate of drug-likeness (QED) is 0.0682. The first-order valence-corrected chi connectivity index (χ1v) is 18.1. The van der Waals surface area contributed by atoms with Crippen LogP contribution in [0.4, 0.5) is 0 Å². The van der Waals surface area contributed by atoms with Crippen LogP contribution in [0.25, 0.3) is 0 Å². The molecule has 10 nitrogen and oxygen atoms in total. The Morgan fingerprint density at radius 2 is 1.33 bits per heavy atom. The van der Waals surface area contributed by atoms with Crippen LogP contribution in [0.2, 0.25) is 5.02 Å². The lowest BCUT2D eigenvalue weighted by atomic mass is 9.90. The summed E-state index contributed by atoms with van der Waals surface area (Å²) in [4.78, 5) is 54.3. The molecule has 2 amide bonds. The third-order valence-corrected chi connectivity index (χ3v) is 9.77. The number of methoxy groups -OCH3 is 3. The summed E-state index contributed by atoms with van der Waals surface area (Å²) in [7, 11) is 5.81. The van der Waals surface area contributed by atoms with Crippen molar-refractivity contribution in [1.29, 1.82) is 0 Å². The first-order chi connectivity index (χ1) is 26.2. The van der Waals surface area contributed by atoms with Gasteiger partial charge in [-0.05, 0) is 96.0 Å². The van der Waals surface area contributed by atoms with Gasteiger partial charge < -0.3 is 24.0 Å². The van der Waals surface area contributed by atoms with Gasteiger partial charge in [0.1, 0.15) is 6.04 Å². The third kappa shape index (κ3) is 10.2. The van der Waals surface area contributed by atoms with E-state index >= 15 is 0 Å². The summed E-state index contributed by atoms with van der Waals surface area (Å²) in [6, 6.07) is 26.8. The van der Waals surface area contributed by atoms with Crippen LogP contribution in [0.1, 0.15) is 51.4 Å². The highest BCUT2D eigenvalue weighted by Gasteiger charge is 2.35. The zero-order valence-corrected chi connectivity index (χ0v) is 31.7. The molecule has 280 valence electrons. The van der Waals surface area contributed by atoms with Gasteiger partial charge in [-0.15, -0.1) is 0 Å². The molecule has 0 N–H and O–H groups in total. The number of hydrogen-bond donors (Lipinski definition) is 0. The lowest BCUT2D eigenvalue weighted by molar-refractivity contribution is -0.143. The first kappa shape index (κ1) is 39.5. The van der Waals surface area contributed by atoms with Crippen LogP contribution in [-0.2, 0) is 29.0 Å². The monoisotopic (exact) mass is 748 g/mol. The number of likely N-dealkylation sites (N-methyl/N-ethyl adjacent to an activating group) is 1. The number of rotatable bonds is 18. The van der Waals surface area contributed by atoms with Crippen molar-refractivity contribution >= 4 is 29.2 Å². The third-order valence-electron chi connectivity index (χ3n) is 9.52. The van der Waals surface area contributed by atoms with Gasteiger partial charge in [-0.25, -0.2) is 0 Å². The van der Waals surface area contributed by atoms with Gasteiger partial charge in [0.05, 0.1) is 21.3 Å². The zero-order valence-electron chi connectivity index (χ0n) is 31.0. The van der Waals surface area contributed by atoms with Gasteiger partial charge in [-0.2, -0.15) is 0 Å². The molecule has 0 radical (unpaired) electrons. The van der Waals surface area contributed by atoms with E-state index in [1.807, 2.05) is 66.7 Å². The van der Waals surface area contributed by atoms with Crippen molar-refractivity contribution in [2.24, 2.45) is 0 Å². The molecule has 2 heterocycles. The predicted octanol–water partition coefficient (Wildman–Crippen LogP) is 7.24. The second kappa shape index (κ2) is 19.4. The molecule has 11 heteroatoms. The van der Waals surface area contributed by atoms with Gasteiger partial charge in [0.2, 0.25) is 11.7 Å². The number of ether oxygens (including phenoxy) is 3. The molecule has 2 atom stereocenters. The fourth-order valence-electron chi connectivity index (χ4n) is 6.47. The second-order valence-corrected chi connectivity index (χ2v) is 13.3. The maximum Gasteiger partial charge on any atom is 0.295 e. The van der Waals surface area contributed by atoms with Gasteiger partial charge in [-0.1, -0.05) is 54.1 Å². The van der Waals surface area contributed by atoms with E-state index in [-0.39, 0.29) is 41.1 Å². The van der Waals surface area contributed by atoms with Gasteiger partial charge in [-0.3, -0.25) is 24.4 Å². The number of ketones is 1. The van der Waals surface area contributed by atoms with Crippen molar-refractivity contribution in [1.82, 2.24) is 19.8 Å². The number of nitrogens with zero attached hydrogens (tertiary/aromatic N) is 4. The minimum absolute atomic E-state index is 0.0366. The van der Waals surface area contributed by atoms with Crippen molar-refractivity contribution in [2.45, 2.75) is 44.2 Å². The molecule has 5 rings (SSSR count). The Balaban J connectivity index is 1.47. The fraction of sp³-hybridized carbons (Fsp3) is 0.279. The molecule has 0 bridgehead atoms. The molecule has 0 aliphatic rings. The number of halogens is 1. The standard InChI is InChI=1S/C43H45ClN4O6/c1-47(43(51)40(49)35-27-38(52-2)41(54-4)39(28-35)53-3)37(26-31-11-14-36(44)15-12-31)42(50)48(29-32-8-6-5-7-9-32)25-20-33(34-18-23-46-24-19-34)13-10-30-16-21-45-22-17-30/h5-9,11-12,14-19,21-24,27-28,33,37H,10,13,20,25-26,29H2,1-4H3/t33?,37-/m0/s1. The van der Waals surface area contributed by atoms with Crippen LogP contribution < -0.4 is 14.2 Å². The molecular weight excluding hydrogens is 704 g/mol. The number of carbonyl (C=O) groups is 3. The van der Waals surface area contributed by atoms with E-state index in [4.69, 9.17) is 25.8 Å². The van der Waals surface area contributed by atoms with Crippen LogP contribution in [0.5, 0.6) is 17.2 Å². The Bertz CT molecular complexity index is 1960. The minimum Gasteiger partial charge on any atom is -0.493 e. The lowest BCUT2D eigenvalue weighted by Crippen LogP contribution is -2.52. The highest BCUT2D eigenvalue weighted by Crippen LogP contribution is 2.38. The van der Waals surface area contributed by atoms with E-state index in [1.165, 1.54) is 51.0 Å². The summed E-state index contributed by atoms with van der Waals surface area (Å²) in [5.74, 6) is -1.11. The Hall–Kier alpha value is -5.74. The van der Waals surface area contributed by atoms with Gasteiger partial charge in [0.15, 0.2) is 11.5 Å². The smallest absolute Gasteiger partial charge is 0.295 e. The van der Waals surface area contributed by atoms with Crippen LogP contribution in [0.3, 0.4) is 0 Å². The second-order valence-electron chi connectivity index (χ2n) is 12.9. The van der Waals surface area contributed by atoms with Crippen molar-refractivity contribution in [2.75, 3.05) is 34.9 Å².